The van der Waals surface area contributed by atoms with Gasteiger partial charge in [0.25, 0.3) is 0 Å². The molecule has 0 aliphatic heterocycles. The number of aliphatic hydroxyl groups is 1. The molecule has 0 aliphatic rings. The maximum atomic E-state index is 13.0. The fourth-order valence-corrected chi connectivity index (χ4v) is 13.0. The van der Waals surface area contributed by atoms with Gasteiger partial charge in [-0.05, 0) is 49.4 Å². The molecule has 94 heavy (non-hydrogen) atoms. The van der Waals surface area contributed by atoms with E-state index >= 15 is 0 Å². The molecule has 3 N–H and O–H groups in total. The van der Waals surface area contributed by atoms with Gasteiger partial charge in [0.05, 0.1) is 26.4 Å². The number of phosphoric ester groups is 2. The summed E-state index contributed by atoms with van der Waals surface area (Å²) in [5.74, 6) is 0.848. The number of unbranched alkanes of at least 4 members (excludes halogenated alkanes) is 38. The molecule has 3 unspecified atom stereocenters. The third-order valence-corrected chi connectivity index (χ3v) is 19.2. The predicted octanol–water partition coefficient (Wildman–Crippen LogP) is 21.7. The average molecular weight is 1380 g/mol. The van der Waals surface area contributed by atoms with E-state index in [0.717, 1.165) is 108 Å². The summed E-state index contributed by atoms with van der Waals surface area (Å²) in [6.45, 7) is 14.1. The van der Waals surface area contributed by atoms with Gasteiger partial charge >= 0.3 is 39.5 Å². The SMILES string of the molecule is CC(C)CCCCCCCCCCCCCCCCCC(=O)OC[C@H](COP(=O)(O)OCC(O)COP(=O)(O)OC[C@@H](COC(=O)CCCCCCCCCC(C)C)OC(=O)CCCCCCCCCCCCCCCCC(C)C)OC(=O)CCCCCCCCC(C)C. The molecule has 0 heterocycles. The summed E-state index contributed by atoms with van der Waals surface area (Å²) >= 11 is 0. The molecule has 0 bridgehead atoms. The van der Waals surface area contributed by atoms with E-state index in [9.17, 15) is 43.2 Å². The van der Waals surface area contributed by atoms with Crippen molar-refractivity contribution in [2.45, 2.75) is 395 Å². The minimum Gasteiger partial charge on any atom is -0.462 e. The molecule has 0 fully saturated rings. The van der Waals surface area contributed by atoms with E-state index in [2.05, 4.69) is 55.4 Å². The van der Waals surface area contributed by atoms with Crippen molar-refractivity contribution < 1.29 is 80.2 Å². The first kappa shape index (κ1) is 92.1. The second-order valence-electron chi connectivity index (χ2n) is 28.9. The third-order valence-electron chi connectivity index (χ3n) is 17.3. The lowest BCUT2D eigenvalue weighted by atomic mass is 10.0. The zero-order valence-corrected chi connectivity index (χ0v) is 63.4. The van der Waals surface area contributed by atoms with Crippen molar-refractivity contribution in [1.29, 1.82) is 0 Å². The molecule has 0 aromatic rings. The van der Waals surface area contributed by atoms with E-state index in [1.807, 2.05) is 0 Å². The summed E-state index contributed by atoms with van der Waals surface area (Å²) in [6.07, 6.45) is 48.9. The van der Waals surface area contributed by atoms with Crippen molar-refractivity contribution in [3.05, 3.63) is 0 Å². The fraction of sp³-hybridized carbons (Fsp3) is 0.947. The van der Waals surface area contributed by atoms with Crippen LogP contribution in [0.25, 0.3) is 0 Å². The van der Waals surface area contributed by atoms with Gasteiger partial charge < -0.3 is 33.8 Å². The second kappa shape index (κ2) is 64.4. The average Bonchev–Trinajstić information content (AvgIpc) is 1.30. The standard InChI is InChI=1S/C75H146O17P2/c1-65(2)51-43-35-27-22-18-14-10-9-11-16-20-24-30-39-47-55-72(77)85-62-71(92-75(80)58-50-42-34-33-38-46-54-68(7)8)64-90-94(83,84)88-60-69(76)59-87-93(81,82)89-63-70(61-86-73(78)56-48-40-32-26-29-37-45-53-67(5)6)91-74(79)57-49-41-31-25-21-17-13-12-15-19-23-28-36-44-52-66(3)4/h65-71,76H,9-64H2,1-8H3,(H,81,82)(H,83,84)/t69?,70-,71-/m1/s1. The lowest BCUT2D eigenvalue weighted by Crippen LogP contribution is -2.30. The summed E-state index contributed by atoms with van der Waals surface area (Å²) in [5, 5.41) is 10.6. The van der Waals surface area contributed by atoms with E-state index in [1.54, 1.807) is 0 Å². The molecular weight excluding hydrogens is 1230 g/mol. The summed E-state index contributed by atoms with van der Waals surface area (Å²) < 4.78 is 68.4. The van der Waals surface area contributed by atoms with Crippen molar-refractivity contribution in [3.63, 3.8) is 0 Å². The second-order valence-corrected chi connectivity index (χ2v) is 31.9. The van der Waals surface area contributed by atoms with E-state index in [4.69, 9.17) is 37.0 Å². The van der Waals surface area contributed by atoms with Gasteiger partial charge in [-0.3, -0.25) is 37.3 Å². The van der Waals surface area contributed by atoms with Crippen LogP contribution in [0.2, 0.25) is 0 Å². The topological polar surface area (TPSA) is 237 Å². The van der Waals surface area contributed by atoms with Crippen molar-refractivity contribution in [2.24, 2.45) is 23.7 Å². The first-order valence-electron chi connectivity index (χ1n) is 38.7. The van der Waals surface area contributed by atoms with E-state index in [-0.39, 0.29) is 25.7 Å². The van der Waals surface area contributed by atoms with E-state index < -0.39 is 97.5 Å². The Labute approximate surface area is 575 Å². The molecule has 0 saturated carbocycles. The van der Waals surface area contributed by atoms with Crippen LogP contribution in [0.1, 0.15) is 376 Å². The Morgan fingerprint density at radius 1 is 0.266 bits per heavy atom. The normalized spacial score (nSPS) is 14.2. The minimum atomic E-state index is -4.95. The maximum Gasteiger partial charge on any atom is 0.472 e. The number of ether oxygens (including phenoxy) is 4. The van der Waals surface area contributed by atoms with Crippen LogP contribution in [-0.2, 0) is 65.4 Å². The van der Waals surface area contributed by atoms with Gasteiger partial charge in [-0.25, -0.2) is 9.13 Å². The summed E-state index contributed by atoms with van der Waals surface area (Å²) in [6, 6.07) is 0. The number of aliphatic hydroxyl groups excluding tert-OH is 1. The van der Waals surface area contributed by atoms with Gasteiger partial charge in [0.15, 0.2) is 12.2 Å². The van der Waals surface area contributed by atoms with Crippen LogP contribution < -0.4 is 0 Å². The van der Waals surface area contributed by atoms with Crippen LogP contribution in [0.15, 0.2) is 0 Å². The highest BCUT2D eigenvalue weighted by molar-refractivity contribution is 7.47. The van der Waals surface area contributed by atoms with Crippen LogP contribution in [0.4, 0.5) is 0 Å². The lowest BCUT2D eigenvalue weighted by molar-refractivity contribution is -0.161. The smallest absolute Gasteiger partial charge is 0.462 e. The molecule has 0 amide bonds. The number of esters is 4. The summed E-state index contributed by atoms with van der Waals surface area (Å²) in [5.41, 5.74) is 0. The van der Waals surface area contributed by atoms with Crippen molar-refractivity contribution in [1.82, 2.24) is 0 Å². The monoisotopic (exact) mass is 1380 g/mol. The molecule has 19 heteroatoms. The molecule has 0 rings (SSSR count). The molecule has 5 atom stereocenters. The van der Waals surface area contributed by atoms with Crippen LogP contribution >= 0.6 is 15.6 Å². The largest absolute Gasteiger partial charge is 0.472 e. The van der Waals surface area contributed by atoms with Gasteiger partial charge in [0, 0.05) is 25.7 Å². The quantitative estimate of drug-likeness (QED) is 0.0222. The highest BCUT2D eigenvalue weighted by Gasteiger charge is 2.30. The summed E-state index contributed by atoms with van der Waals surface area (Å²) in [4.78, 5) is 72.7. The Morgan fingerprint density at radius 3 is 0.660 bits per heavy atom. The molecule has 0 spiro atoms. The zero-order valence-electron chi connectivity index (χ0n) is 61.6. The highest BCUT2D eigenvalue weighted by atomic mass is 31.2. The number of hydrogen-bond acceptors (Lipinski definition) is 15. The van der Waals surface area contributed by atoms with Gasteiger partial charge in [-0.2, -0.15) is 0 Å². The van der Waals surface area contributed by atoms with Crippen molar-refractivity contribution >= 4 is 39.5 Å². The number of carbonyl (C=O) groups is 4. The highest BCUT2D eigenvalue weighted by Crippen LogP contribution is 2.45. The molecular formula is C75H146O17P2. The molecule has 17 nitrogen and oxygen atoms in total. The van der Waals surface area contributed by atoms with E-state index in [1.165, 1.54) is 173 Å². The third kappa shape index (κ3) is 68.6. The molecule has 0 aromatic carbocycles. The Balaban J connectivity index is 5.16. The first-order chi connectivity index (χ1) is 45.1. The number of carbonyl (C=O) groups excluding carboxylic acids is 4. The lowest BCUT2D eigenvalue weighted by Gasteiger charge is -2.21. The number of hydrogen-bond donors (Lipinski definition) is 3. The summed E-state index contributed by atoms with van der Waals surface area (Å²) in [7, 11) is -9.91. The van der Waals surface area contributed by atoms with Crippen molar-refractivity contribution in [3.8, 4) is 0 Å². The zero-order chi connectivity index (χ0) is 69.6. The Bertz CT molecular complexity index is 1850. The number of rotatable bonds is 72. The van der Waals surface area contributed by atoms with Crippen LogP contribution in [-0.4, -0.2) is 96.7 Å². The van der Waals surface area contributed by atoms with Gasteiger partial charge in [-0.1, -0.05) is 325 Å². The van der Waals surface area contributed by atoms with Crippen molar-refractivity contribution in [2.75, 3.05) is 39.6 Å². The fourth-order valence-electron chi connectivity index (χ4n) is 11.4. The molecule has 0 aliphatic carbocycles. The molecule has 0 saturated heterocycles. The first-order valence-corrected chi connectivity index (χ1v) is 41.7. The molecule has 558 valence electrons. The van der Waals surface area contributed by atoms with E-state index in [0.29, 0.717) is 37.5 Å². The number of phosphoric acid groups is 2. The Hall–Kier alpha value is -1.94. The maximum absolute atomic E-state index is 13.0. The molecule has 0 aromatic heterocycles. The van der Waals surface area contributed by atoms with Crippen LogP contribution in [0.5, 0.6) is 0 Å². The minimum absolute atomic E-state index is 0.102. The van der Waals surface area contributed by atoms with Crippen LogP contribution in [0, 0.1) is 23.7 Å². The van der Waals surface area contributed by atoms with Crippen LogP contribution in [0.3, 0.4) is 0 Å². The Morgan fingerprint density at radius 2 is 0.447 bits per heavy atom. The van der Waals surface area contributed by atoms with Gasteiger partial charge in [0.2, 0.25) is 0 Å². The predicted molar refractivity (Wildman–Crippen MR) is 381 cm³/mol. The van der Waals surface area contributed by atoms with Gasteiger partial charge in [-0.15, -0.1) is 0 Å². The Kier molecular flexibility index (Phi) is 63.1. The van der Waals surface area contributed by atoms with Gasteiger partial charge in [0.1, 0.15) is 19.3 Å². The molecule has 0 radical (unpaired) electrons.